The van der Waals surface area contributed by atoms with Gasteiger partial charge in [-0.15, -0.1) is 11.3 Å². The van der Waals surface area contributed by atoms with Crippen molar-refractivity contribution >= 4 is 52.0 Å². The summed E-state index contributed by atoms with van der Waals surface area (Å²) in [6.45, 7) is 0.584. The topological polar surface area (TPSA) is 99.8 Å². The molecular formula is C22H24ClFN4O4S. The lowest BCUT2D eigenvalue weighted by Gasteiger charge is -2.31. The van der Waals surface area contributed by atoms with Crippen molar-refractivity contribution in [2.45, 2.75) is 31.3 Å². The van der Waals surface area contributed by atoms with Crippen LogP contribution in [0.5, 0.6) is 0 Å². The summed E-state index contributed by atoms with van der Waals surface area (Å²) in [5.41, 5.74) is 0.408. The van der Waals surface area contributed by atoms with Gasteiger partial charge in [0, 0.05) is 24.8 Å². The molecule has 2 heterocycles. The Hall–Kier alpha value is -2.53. The number of thiophene rings is 1. The number of nitrogens with one attached hydrogen (secondary N) is 3. The third-order valence-electron chi connectivity index (χ3n) is 5.61. The standard InChI is InChI=1S/C22H24ClFN4O4S/c23-19-7-6-18(33-19)22(31)25-11-16(26-13-2-1-3-13)21(30)27-14-4-5-17(15(24)10-14)28-8-9-32-12-20(28)29/h4-7,10,13,16,26H,1-3,8-9,11-12H2,(H,25,31)(H,27,30)/t16-/m1/s1. The monoisotopic (exact) mass is 494 g/mol. The lowest BCUT2D eigenvalue weighted by atomic mass is 9.92. The molecule has 1 saturated heterocycles. The molecule has 4 rings (SSSR count). The van der Waals surface area contributed by atoms with E-state index in [-0.39, 0.29) is 54.8 Å². The fourth-order valence-electron chi connectivity index (χ4n) is 3.61. The molecule has 3 amide bonds. The number of hydrogen-bond acceptors (Lipinski definition) is 6. The number of anilines is 2. The van der Waals surface area contributed by atoms with Crippen LogP contribution in [0.2, 0.25) is 4.34 Å². The average Bonchev–Trinajstić information content (AvgIpc) is 3.19. The van der Waals surface area contributed by atoms with Crippen molar-refractivity contribution in [2.24, 2.45) is 0 Å². The van der Waals surface area contributed by atoms with Crippen molar-refractivity contribution in [3.63, 3.8) is 0 Å². The van der Waals surface area contributed by atoms with Crippen LogP contribution in [0.3, 0.4) is 0 Å². The molecule has 176 valence electrons. The minimum Gasteiger partial charge on any atom is -0.370 e. The number of amides is 3. The number of ether oxygens (including phenoxy) is 1. The van der Waals surface area contributed by atoms with Crippen LogP contribution in [0.4, 0.5) is 15.8 Å². The number of nitrogens with zero attached hydrogens (tertiary/aromatic N) is 1. The fraction of sp³-hybridized carbons (Fsp3) is 0.409. The highest BCUT2D eigenvalue weighted by Gasteiger charge is 2.27. The van der Waals surface area contributed by atoms with Crippen LogP contribution in [0.1, 0.15) is 28.9 Å². The summed E-state index contributed by atoms with van der Waals surface area (Å²) in [6.07, 6.45) is 2.99. The zero-order chi connectivity index (χ0) is 23.4. The molecule has 1 aliphatic carbocycles. The first-order valence-electron chi connectivity index (χ1n) is 10.7. The van der Waals surface area contributed by atoms with E-state index in [0.29, 0.717) is 15.8 Å². The zero-order valence-corrected chi connectivity index (χ0v) is 19.3. The molecule has 2 aliphatic rings. The van der Waals surface area contributed by atoms with Crippen molar-refractivity contribution in [1.29, 1.82) is 0 Å². The van der Waals surface area contributed by atoms with Gasteiger partial charge in [-0.05, 0) is 43.2 Å². The van der Waals surface area contributed by atoms with Crippen molar-refractivity contribution < 1.29 is 23.5 Å². The summed E-state index contributed by atoms with van der Waals surface area (Å²) in [4.78, 5) is 39.1. The van der Waals surface area contributed by atoms with Gasteiger partial charge in [0.1, 0.15) is 18.5 Å². The van der Waals surface area contributed by atoms with Crippen molar-refractivity contribution in [3.8, 4) is 0 Å². The van der Waals surface area contributed by atoms with E-state index >= 15 is 0 Å². The second-order valence-corrected chi connectivity index (χ2v) is 9.63. The van der Waals surface area contributed by atoms with E-state index in [1.165, 1.54) is 17.0 Å². The Morgan fingerprint density at radius 2 is 2.09 bits per heavy atom. The highest BCUT2D eigenvalue weighted by atomic mass is 35.5. The van der Waals surface area contributed by atoms with E-state index < -0.39 is 11.9 Å². The normalized spacial score (nSPS) is 17.4. The SMILES string of the molecule is O=C(NC[C@@H](NC1CCC1)C(=O)Nc1ccc(N2CCOCC2=O)c(F)c1)c1ccc(Cl)s1. The van der Waals surface area contributed by atoms with Crippen LogP contribution in [-0.2, 0) is 14.3 Å². The van der Waals surface area contributed by atoms with E-state index in [1.807, 2.05) is 0 Å². The second kappa shape index (κ2) is 10.6. The maximum absolute atomic E-state index is 14.7. The minimum absolute atomic E-state index is 0.0690. The molecule has 1 aromatic carbocycles. The summed E-state index contributed by atoms with van der Waals surface area (Å²) < 4.78 is 20.3. The van der Waals surface area contributed by atoms with Gasteiger partial charge in [-0.2, -0.15) is 0 Å². The van der Waals surface area contributed by atoms with Crippen LogP contribution >= 0.6 is 22.9 Å². The minimum atomic E-state index is -0.696. The van der Waals surface area contributed by atoms with Gasteiger partial charge in [-0.3, -0.25) is 14.4 Å². The molecule has 0 unspecified atom stereocenters. The second-order valence-electron chi connectivity index (χ2n) is 7.91. The molecule has 0 spiro atoms. The molecule has 33 heavy (non-hydrogen) atoms. The summed E-state index contributed by atoms with van der Waals surface area (Å²) in [6, 6.07) is 6.96. The van der Waals surface area contributed by atoms with Crippen LogP contribution in [0, 0.1) is 5.82 Å². The molecule has 1 aromatic heterocycles. The van der Waals surface area contributed by atoms with E-state index in [2.05, 4.69) is 16.0 Å². The summed E-state index contributed by atoms with van der Waals surface area (Å²) in [7, 11) is 0. The lowest BCUT2D eigenvalue weighted by molar-refractivity contribution is -0.125. The molecule has 3 N–H and O–H groups in total. The molecule has 0 radical (unpaired) electrons. The van der Waals surface area contributed by atoms with E-state index in [0.717, 1.165) is 30.6 Å². The fourth-order valence-corrected chi connectivity index (χ4v) is 4.57. The van der Waals surface area contributed by atoms with Gasteiger partial charge in [0.2, 0.25) is 5.91 Å². The largest absolute Gasteiger partial charge is 0.370 e. The number of halogens is 2. The summed E-state index contributed by atoms with van der Waals surface area (Å²) in [5, 5.41) is 8.73. The Bertz CT molecular complexity index is 1050. The Kier molecular flexibility index (Phi) is 7.59. The smallest absolute Gasteiger partial charge is 0.261 e. The van der Waals surface area contributed by atoms with Crippen molar-refractivity contribution in [2.75, 3.05) is 36.5 Å². The lowest BCUT2D eigenvalue weighted by Crippen LogP contribution is -2.53. The maximum atomic E-state index is 14.7. The van der Waals surface area contributed by atoms with Crippen LogP contribution in [0.25, 0.3) is 0 Å². The number of hydrogen-bond donors (Lipinski definition) is 3. The Morgan fingerprint density at radius 1 is 1.27 bits per heavy atom. The molecular weight excluding hydrogens is 471 g/mol. The third-order valence-corrected chi connectivity index (χ3v) is 6.84. The third kappa shape index (κ3) is 5.89. The predicted octanol–water partition coefficient (Wildman–Crippen LogP) is 2.78. The van der Waals surface area contributed by atoms with E-state index in [1.54, 1.807) is 18.2 Å². The molecule has 1 aliphatic heterocycles. The van der Waals surface area contributed by atoms with Gasteiger partial charge < -0.3 is 25.6 Å². The summed E-state index contributed by atoms with van der Waals surface area (Å²) in [5.74, 6) is -1.63. The first-order valence-corrected chi connectivity index (χ1v) is 11.9. The molecule has 0 bridgehead atoms. The molecule has 2 aromatic rings. The molecule has 1 saturated carbocycles. The Morgan fingerprint density at radius 3 is 2.73 bits per heavy atom. The Balaban J connectivity index is 1.40. The highest BCUT2D eigenvalue weighted by molar-refractivity contribution is 7.18. The van der Waals surface area contributed by atoms with Crippen LogP contribution < -0.4 is 20.9 Å². The molecule has 11 heteroatoms. The number of benzene rings is 1. The van der Waals surface area contributed by atoms with Gasteiger partial charge in [0.15, 0.2) is 0 Å². The van der Waals surface area contributed by atoms with Gasteiger partial charge in [-0.1, -0.05) is 18.0 Å². The Labute approximate surface area is 199 Å². The highest BCUT2D eigenvalue weighted by Crippen LogP contribution is 2.25. The first-order chi connectivity index (χ1) is 15.9. The van der Waals surface area contributed by atoms with Crippen molar-refractivity contribution in [3.05, 3.63) is 45.4 Å². The number of carbonyl (C=O) groups is 3. The van der Waals surface area contributed by atoms with Gasteiger partial charge in [-0.25, -0.2) is 4.39 Å². The molecule has 8 nitrogen and oxygen atoms in total. The average molecular weight is 495 g/mol. The van der Waals surface area contributed by atoms with Gasteiger partial charge >= 0.3 is 0 Å². The molecule has 2 fully saturated rings. The first kappa shape index (κ1) is 23.6. The van der Waals surface area contributed by atoms with Gasteiger partial charge in [0.25, 0.3) is 11.8 Å². The number of rotatable bonds is 8. The number of carbonyl (C=O) groups excluding carboxylic acids is 3. The van der Waals surface area contributed by atoms with Gasteiger partial charge in [0.05, 0.1) is 21.5 Å². The number of morpholine rings is 1. The maximum Gasteiger partial charge on any atom is 0.261 e. The predicted molar refractivity (Wildman–Crippen MR) is 124 cm³/mol. The van der Waals surface area contributed by atoms with Crippen LogP contribution in [-0.4, -0.2) is 56.1 Å². The van der Waals surface area contributed by atoms with Crippen molar-refractivity contribution in [1.82, 2.24) is 10.6 Å². The summed E-state index contributed by atoms with van der Waals surface area (Å²) >= 11 is 7.05. The van der Waals surface area contributed by atoms with Crippen LogP contribution in [0.15, 0.2) is 30.3 Å². The quantitative estimate of drug-likeness (QED) is 0.524. The zero-order valence-electron chi connectivity index (χ0n) is 17.7. The van der Waals surface area contributed by atoms with E-state index in [9.17, 15) is 18.8 Å². The molecule has 1 atom stereocenters. The van der Waals surface area contributed by atoms with E-state index in [4.69, 9.17) is 16.3 Å².